The summed E-state index contributed by atoms with van der Waals surface area (Å²) in [7, 11) is 0. The fraction of sp³-hybridized carbons (Fsp3) is 0.455. The van der Waals surface area contributed by atoms with Crippen LogP contribution in [0.25, 0.3) is 0 Å². The maximum absolute atomic E-state index is 4.13. The quantitative estimate of drug-likeness (QED) is 0.828. The summed E-state index contributed by atoms with van der Waals surface area (Å²) in [6.07, 6.45) is 5.28. The molecule has 2 N–H and O–H groups in total. The van der Waals surface area contributed by atoms with Crippen LogP contribution < -0.4 is 5.32 Å². The molecule has 3 rings (SSSR count). The highest BCUT2D eigenvalue weighted by Crippen LogP contribution is 2.36. The Labute approximate surface area is 117 Å². The summed E-state index contributed by atoms with van der Waals surface area (Å²) in [5.41, 5.74) is 1.49. The Balaban J connectivity index is 1.72. The van der Waals surface area contributed by atoms with Crippen molar-refractivity contribution in [3.63, 3.8) is 0 Å². The highest BCUT2D eigenvalue weighted by molar-refractivity contribution is 14.1. The van der Waals surface area contributed by atoms with E-state index in [1.54, 1.807) is 11.2 Å². The Morgan fingerprint density at radius 3 is 3.35 bits per heavy atom. The van der Waals surface area contributed by atoms with Crippen molar-refractivity contribution >= 4 is 33.9 Å². The van der Waals surface area contributed by atoms with Gasteiger partial charge < -0.3 is 5.32 Å². The van der Waals surface area contributed by atoms with Gasteiger partial charge in [0.2, 0.25) is 0 Å². The largest absolute Gasteiger partial charge is 0.303 e. The lowest BCUT2D eigenvalue weighted by Gasteiger charge is -2.23. The predicted molar refractivity (Wildman–Crippen MR) is 75.9 cm³/mol. The molecule has 17 heavy (non-hydrogen) atoms. The highest BCUT2D eigenvalue weighted by Gasteiger charge is 2.22. The summed E-state index contributed by atoms with van der Waals surface area (Å²) in [6, 6.07) is 2.79. The smallest absolute Gasteiger partial charge is 0.138 e. The molecular formula is C11H13IN4S. The van der Waals surface area contributed by atoms with Crippen LogP contribution >= 0.6 is 33.9 Å². The van der Waals surface area contributed by atoms with Gasteiger partial charge in [0.25, 0.3) is 0 Å². The van der Waals surface area contributed by atoms with Crippen molar-refractivity contribution in [3.05, 3.63) is 31.5 Å². The predicted octanol–water partition coefficient (Wildman–Crippen LogP) is 2.64. The van der Waals surface area contributed by atoms with E-state index in [9.17, 15) is 0 Å². The van der Waals surface area contributed by atoms with Crippen LogP contribution in [0.4, 0.5) is 0 Å². The second-order valence-electron chi connectivity index (χ2n) is 4.19. The lowest BCUT2D eigenvalue weighted by molar-refractivity contribution is 0.457. The minimum Gasteiger partial charge on any atom is -0.303 e. The number of halogens is 1. The second kappa shape index (κ2) is 5.03. The van der Waals surface area contributed by atoms with Gasteiger partial charge in [-0.3, -0.25) is 5.10 Å². The third-order valence-electron chi connectivity index (χ3n) is 3.06. The summed E-state index contributed by atoms with van der Waals surface area (Å²) in [4.78, 5) is 5.69. The molecule has 4 nitrogen and oxygen atoms in total. The Morgan fingerprint density at radius 1 is 1.59 bits per heavy atom. The number of aromatic amines is 1. The van der Waals surface area contributed by atoms with Crippen LogP contribution in [0, 0.1) is 2.88 Å². The fourth-order valence-electron chi connectivity index (χ4n) is 2.27. The van der Waals surface area contributed by atoms with E-state index in [-0.39, 0.29) is 0 Å². The van der Waals surface area contributed by atoms with Crippen molar-refractivity contribution in [2.75, 3.05) is 0 Å². The SMILES string of the molecule is Ic1cc2c(s1)CCCC2NCc1ncn[nH]1. The van der Waals surface area contributed by atoms with E-state index in [0.717, 1.165) is 12.4 Å². The first kappa shape index (κ1) is 11.6. The van der Waals surface area contributed by atoms with E-state index < -0.39 is 0 Å². The zero-order valence-corrected chi connectivity index (χ0v) is 12.2. The Hall–Kier alpha value is -0.470. The van der Waals surface area contributed by atoms with E-state index >= 15 is 0 Å². The average molecular weight is 360 g/mol. The lowest BCUT2D eigenvalue weighted by Crippen LogP contribution is -2.24. The van der Waals surface area contributed by atoms with E-state index in [1.165, 1.54) is 27.7 Å². The van der Waals surface area contributed by atoms with Gasteiger partial charge >= 0.3 is 0 Å². The summed E-state index contributed by atoms with van der Waals surface area (Å²) >= 11 is 4.34. The molecule has 2 heterocycles. The monoisotopic (exact) mass is 360 g/mol. The van der Waals surface area contributed by atoms with Gasteiger partial charge in [0.05, 0.1) is 9.43 Å². The normalized spacial score (nSPS) is 19.2. The van der Waals surface area contributed by atoms with E-state index in [4.69, 9.17) is 0 Å². The van der Waals surface area contributed by atoms with Crippen LogP contribution in [0.2, 0.25) is 0 Å². The van der Waals surface area contributed by atoms with Crippen LogP contribution in [-0.2, 0) is 13.0 Å². The molecule has 1 unspecified atom stereocenters. The molecule has 1 aliphatic carbocycles. The number of H-pyrrole nitrogens is 1. The molecule has 0 amide bonds. The first-order valence-electron chi connectivity index (χ1n) is 5.68. The van der Waals surface area contributed by atoms with Crippen molar-refractivity contribution in [1.82, 2.24) is 20.5 Å². The average Bonchev–Trinajstić information content (AvgIpc) is 2.93. The molecule has 1 atom stereocenters. The van der Waals surface area contributed by atoms with Gasteiger partial charge in [0, 0.05) is 10.9 Å². The zero-order valence-electron chi connectivity index (χ0n) is 9.24. The molecular weight excluding hydrogens is 347 g/mol. The maximum atomic E-state index is 4.13. The highest BCUT2D eigenvalue weighted by atomic mass is 127. The van der Waals surface area contributed by atoms with Crippen molar-refractivity contribution in [2.24, 2.45) is 0 Å². The number of hydrogen-bond acceptors (Lipinski definition) is 4. The summed E-state index contributed by atoms with van der Waals surface area (Å²) in [6.45, 7) is 0.760. The molecule has 90 valence electrons. The molecule has 6 heteroatoms. The number of nitrogens with zero attached hydrogens (tertiary/aromatic N) is 2. The number of rotatable bonds is 3. The molecule has 0 fully saturated rings. The number of aryl methyl sites for hydroxylation is 1. The van der Waals surface area contributed by atoms with Crippen LogP contribution in [0.15, 0.2) is 12.4 Å². The van der Waals surface area contributed by atoms with E-state index in [1.807, 2.05) is 11.3 Å². The number of hydrogen-bond donors (Lipinski definition) is 2. The van der Waals surface area contributed by atoms with Crippen molar-refractivity contribution < 1.29 is 0 Å². The standard InChI is InChI=1S/C11H13IN4S/c12-10-4-7-8(2-1-3-9(7)17-10)13-5-11-14-6-15-16-11/h4,6,8,13H,1-3,5H2,(H,14,15,16). The van der Waals surface area contributed by atoms with Gasteiger partial charge in [-0.1, -0.05) is 0 Å². The molecule has 0 aromatic carbocycles. The second-order valence-corrected chi connectivity index (χ2v) is 7.22. The maximum Gasteiger partial charge on any atom is 0.138 e. The molecule has 0 saturated carbocycles. The Morgan fingerprint density at radius 2 is 2.53 bits per heavy atom. The van der Waals surface area contributed by atoms with Crippen LogP contribution in [0.1, 0.15) is 35.1 Å². The lowest BCUT2D eigenvalue weighted by atomic mass is 9.94. The molecule has 0 spiro atoms. The topological polar surface area (TPSA) is 53.6 Å². The van der Waals surface area contributed by atoms with Gasteiger partial charge in [-0.2, -0.15) is 5.10 Å². The summed E-state index contributed by atoms with van der Waals surface area (Å²) in [5.74, 6) is 0.905. The zero-order chi connectivity index (χ0) is 11.7. The van der Waals surface area contributed by atoms with Crippen molar-refractivity contribution in [2.45, 2.75) is 31.8 Å². The number of fused-ring (bicyclic) bond motifs is 1. The third kappa shape index (κ3) is 2.53. The van der Waals surface area contributed by atoms with E-state index in [0.29, 0.717) is 6.04 Å². The van der Waals surface area contributed by atoms with Gasteiger partial charge in [0.15, 0.2) is 0 Å². The summed E-state index contributed by atoms with van der Waals surface area (Å²) < 4.78 is 1.39. The molecule has 0 radical (unpaired) electrons. The van der Waals surface area contributed by atoms with Crippen molar-refractivity contribution in [3.8, 4) is 0 Å². The Bertz CT molecular complexity index is 494. The number of thiophene rings is 1. The van der Waals surface area contributed by atoms with Crippen LogP contribution in [0.5, 0.6) is 0 Å². The van der Waals surface area contributed by atoms with Crippen molar-refractivity contribution in [1.29, 1.82) is 0 Å². The molecule has 0 bridgehead atoms. The minimum atomic E-state index is 0.476. The van der Waals surface area contributed by atoms with Gasteiger partial charge in [-0.05, 0) is 53.5 Å². The molecule has 0 aliphatic heterocycles. The number of nitrogens with one attached hydrogen (secondary N) is 2. The first-order chi connectivity index (χ1) is 8.33. The minimum absolute atomic E-state index is 0.476. The number of aromatic nitrogens is 3. The molecule has 0 saturated heterocycles. The summed E-state index contributed by atoms with van der Waals surface area (Å²) in [5, 5.41) is 10.3. The fourth-order valence-corrected chi connectivity index (χ4v) is 4.39. The van der Waals surface area contributed by atoms with Crippen LogP contribution in [0.3, 0.4) is 0 Å². The molecule has 1 aliphatic rings. The van der Waals surface area contributed by atoms with Gasteiger partial charge in [-0.15, -0.1) is 11.3 Å². The van der Waals surface area contributed by atoms with Gasteiger partial charge in [-0.25, -0.2) is 4.98 Å². The van der Waals surface area contributed by atoms with Crippen LogP contribution in [-0.4, -0.2) is 15.2 Å². The first-order valence-corrected chi connectivity index (χ1v) is 7.58. The Kier molecular flexibility index (Phi) is 3.44. The molecule has 2 aromatic rings. The van der Waals surface area contributed by atoms with E-state index in [2.05, 4.69) is 49.2 Å². The molecule has 2 aromatic heterocycles. The third-order valence-corrected chi connectivity index (χ3v) is 5.04. The van der Waals surface area contributed by atoms with Gasteiger partial charge in [0.1, 0.15) is 12.2 Å².